The Balaban J connectivity index is 2.55. The summed E-state index contributed by atoms with van der Waals surface area (Å²) < 4.78 is 4.53. The van der Waals surface area contributed by atoms with Gasteiger partial charge in [-0.3, -0.25) is 4.79 Å². The average molecular weight is 213 g/mol. The van der Waals surface area contributed by atoms with Gasteiger partial charge in [-0.05, 0) is 23.7 Å². The number of carbonyl (C=O) groups excluding carboxylic acids is 2. The molecule has 0 fully saturated rings. The van der Waals surface area contributed by atoms with Crippen LogP contribution in [0.15, 0.2) is 18.2 Å². The first-order chi connectivity index (χ1) is 6.59. The van der Waals surface area contributed by atoms with E-state index in [0.717, 1.165) is 0 Å². The topological polar surface area (TPSA) is 63.6 Å². The summed E-state index contributed by atoms with van der Waals surface area (Å²) in [5.41, 5.74) is 0.747. The molecule has 1 heterocycles. The number of hydrogen-bond donors (Lipinski definition) is 1. The number of halogens is 1. The van der Waals surface area contributed by atoms with Crippen molar-refractivity contribution in [2.24, 2.45) is 0 Å². The summed E-state index contributed by atoms with van der Waals surface area (Å²) in [5, 5.41) is 8.57. The second kappa shape index (κ2) is 3.08. The number of aliphatic hydroxyl groups is 1. The Morgan fingerprint density at radius 2 is 2.21 bits per heavy atom. The molecule has 0 amide bonds. The quantitative estimate of drug-likeness (QED) is 0.562. The fraction of sp³-hybridized carbons (Fsp3) is 0.111. The van der Waals surface area contributed by atoms with Crippen LogP contribution in [0, 0.1) is 0 Å². The number of fused-ring (bicyclic) bond motifs is 1. The van der Waals surface area contributed by atoms with Crippen molar-refractivity contribution in [1.29, 1.82) is 0 Å². The van der Waals surface area contributed by atoms with E-state index in [0.29, 0.717) is 5.56 Å². The van der Waals surface area contributed by atoms with Crippen molar-refractivity contribution in [3.05, 3.63) is 34.9 Å². The molecule has 0 saturated heterocycles. The first-order valence-electron chi connectivity index (χ1n) is 3.82. The van der Waals surface area contributed by atoms with Crippen molar-refractivity contribution >= 4 is 22.8 Å². The van der Waals surface area contributed by atoms with E-state index in [9.17, 15) is 14.7 Å². The summed E-state index contributed by atoms with van der Waals surface area (Å²) in [4.78, 5) is 21.9. The molecule has 1 aliphatic heterocycles. The smallest absolute Gasteiger partial charge is 0.341 e. The Bertz CT molecular complexity index is 427. The fourth-order valence-electron chi connectivity index (χ4n) is 1.30. The van der Waals surface area contributed by atoms with E-state index in [1.54, 1.807) is 0 Å². The number of cyclic esters (lactones) is 1. The summed E-state index contributed by atoms with van der Waals surface area (Å²) in [6, 6.07) is 4.18. The molecule has 72 valence electrons. The lowest BCUT2D eigenvalue weighted by atomic mass is 10.1. The van der Waals surface area contributed by atoms with Gasteiger partial charge in [-0.25, -0.2) is 4.79 Å². The van der Waals surface area contributed by atoms with Crippen LogP contribution >= 0.6 is 11.6 Å². The molecule has 4 nitrogen and oxygen atoms in total. The highest BCUT2D eigenvalue weighted by Gasteiger charge is 2.29. The molecule has 1 unspecified atom stereocenters. The van der Waals surface area contributed by atoms with Crippen LogP contribution in [0.3, 0.4) is 0 Å². The highest BCUT2D eigenvalue weighted by atomic mass is 35.5. The second-order valence-corrected chi connectivity index (χ2v) is 3.18. The number of hydrogen-bond acceptors (Lipinski definition) is 4. The largest absolute Gasteiger partial charge is 0.428 e. The second-order valence-electron chi connectivity index (χ2n) is 2.83. The number of rotatable bonds is 1. The Morgan fingerprint density at radius 1 is 1.50 bits per heavy atom. The Hall–Kier alpha value is -1.39. The lowest BCUT2D eigenvalue weighted by molar-refractivity contribution is -0.0547. The van der Waals surface area contributed by atoms with E-state index in [1.165, 1.54) is 18.2 Å². The summed E-state index contributed by atoms with van der Waals surface area (Å²) in [6.45, 7) is 0. The van der Waals surface area contributed by atoms with Crippen LogP contribution in [0.25, 0.3) is 0 Å². The zero-order valence-electron chi connectivity index (χ0n) is 6.86. The first-order valence-corrected chi connectivity index (χ1v) is 4.20. The molecule has 14 heavy (non-hydrogen) atoms. The normalized spacial score (nSPS) is 19.0. The summed E-state index contributed by atoms with van der Waals surface area (Å²) in [6.07, 6.45) is -1.24. The molecule has 1 aromatic carbocycles. The molecule has 2 rings (SSSR count). The minimum absolute atomic E-state index is 0.184. The van der Waals surface area contributed by atoms with Crippen molar-refractivity contribution in [1.82, 2.24) is 0 Å². The molecule has 5 heteroatoms. The molecule has 0 aliphatic carbocycles. The maximum Gasteiger partial charge on any atom is 0.341 e. The van der Waals surface area contributed by atoms with Crippen LogP contribution in [0.5, 0.6) is 0 Å². The number of aliphatic hydroxyl groups excluding tert-OH is 1. The predicted molar refractivity (Wildman–Crippen MR) is 47.0 cm³/mol. The van der Waals surface area contributed by atoms with Crippen molar-refractivity contribution < 1.29 is 19.4 Å². The summed E-state index contributed by atoms with van der Waals surface area (Å²) >= 11 is 5.24. The molecule has 1 aromatic rings. The third kappa shape index (κ3) is 1.29. The Morgan fingerprint density at radius 3 is 2.86 bits per heavy atom. The molecular formula is C9H5ClO4. The van der Waals surface area contributed by atoms with Crippen LogP contribution in [-0.2, 0) is 4.74 Å². The predicted octanol–water partition coefficient (Wildman–Crippen LogP) is 1.23. The van der Waals surface area contributed by atoms with E-state index >= 15 is 0 Å². The minimum atomic E-state index is -1.24. The Labute approximate surface area is 84.1 Å². The van der Waals surface area contributed by atoms with Gasteiger partial charge in [0.05, 0.1) is 5.56 Å². The molecule has 0 bridgehead atoms. The van der Waals surface area contributed by atoms with E-state index in [1.807, 2.05) is 0 Å². The zero-order valence-corrected chi connectivity index (χ0v) is 7.62. The number of esters is 1. The number of benzene rings is 1. The van der Waals surface area contributed by atoms with Gasteiger partial charge in [-0.1, -0.05) is 6.07 Å². The van der Waals surface area contributed by atoms with Crippen molar-refractivity contribution in [3.63, 3.8) is 0 Å². The van der Waals surface area contributed by atoms with Crippen molar-refractivity contribution in [2.45, 2.75) is 6.29 Å². The maximum atomic E-state index is 11.1. The molecule has 0 saturated carbocycles. The SMILES string of the molecule is O=C(Cl)c1ccc2c(c1)C(=O)OC2O. The first kappa shape index (κ1) is 9.18. The van der Waals surface area contributed by atoms with E-state index in [4.69, 9.17) is 11.6 Å². The monoisotopic (exact) mass is 212 g/mol. The minimum Gasteiger partial charge on any atom is -0.428 e. The van der Waals surface area contributed by atoms with Crippen LogP contribution in [0.4, 0.5) is 0 Å². The van der Waals surface area contributed by atoms with E-state index in [2.05, 4.69) is 4.74 Å². The standard InChI is InChI=1S/C9H5ClO4/c10-7(11)4-1-2-5-6(3-4)9(13)14-8(5)12/h1-3,8,12H. The zero-order chi connectivity index (χ0) is 10.3. The average Bonchev–Trinajstić information content (AvgIpc) is 2.42. The van der Waals surface area contributed by atoms with Gasteiger partial charge in [-0.15, -0.1) is 0 Å². The van der Waals surface area contributed by atoms with E-state index < -0.39 is 17.5 Å². The lowest BCUT2D eigenvalue weighted by Crippen LogP contribution is -1.97. The van der Waals surface area contributed by atoms with Crippen LogP contribution in [0.1, 0.15) is 32.6 Å². The Kier molecular flexibility index (Phi) is 2.02. The van der Waals surface area contributed by atoms with Crippen LogP contribution in [-0.4, -0.2) is 16.3 Å². The summed E-state index contributed by atoms with van der Waals surface area (Å²) in [7, 11) is 0. The van der Waals surface area contributed by atoms with E-state index in [-0.39, 0.29) is 11.1 Å². The molecule has 0 radical (unpaired) electrons. The molecule has 1 atom stereocenters. The van der Waals surface area contributed by atoms with Gasteiger partial charge in [0.25, 0.3) is 5.24 Å². The van der Waals surface area contributed by atoms with Crippen molar-refractivity contribution in [2.75, 3.05) is 0 Å². The fourth-order valence-corrected chi connectivity index (χ4v) is 1.42. The lowest BCUT2D eigenvalue weighted by Gasteiger charge is -2.00. The highest BCUT2D eigenvalue weighted by Crippen LogP contribution is 2.29. The van der Waals surface area contributed by atoms with Crippen molar-refractivity contribution in [3.8, 4) is 0 Å². The van der Waals surface area contributed by atoms with Gasteiger partial charge in [-0.2, -0.15) is 0 Å². The molecular weight excluding hydrogens is 208 g/mol. The highest BCUT2D eigenvalue weighted by molar-refractivity contribution is 6.67. The van der Waals surface area contributed by atoms with Gasteiger partial charge in [0.15, 0.2) is 0 Å². The van der Waals surface area contributed by atoms with Gasteiger partial charge < -0.3 is 9.84 Å². The van der Waals surface area contributed by atoms with Gasteiger partial charge in [0, 0.05) is 11.1 Å². The molecule has 1 aliphatic rings. The third-order valence-electron chi connectivity index (χ3n) is 1.98. The van der Waals surface area contributed by atoms with Crippen LogP contribution < -0.4 is 0 Å². The van der Waals surface area contributed by atoms with Crippen LogP contribution in [0.2, 0.25) is 0 Å². The number of ether oxygens (including phenoxy) is 1. The number of carbonyl (C=O) groups is 2. The van der Waals surface area contributed by atoms with Gasteiger partial charge in [0.2, 0.25) is 6.29 Å². The molecule has 0 aromatic heterocycles. The molecule has 1 N–H and O–H groups in total. The molecule has 0 spiro atoms. The third-order valence-corrected chi connectivity index (χ3v) is 2.20. The van der Waals surface area contributed by atoms with Gasteiger partial charge in [0.1, 0.15) is 0 Å². The van der Waals surface area contributed by atoms with Gasteiger partial charge >= 0.3 is 5.97 Å². The summed E-state index contributed by atoms with van der Waals surface area (Å²) in [5.74, 6) is -0.646. The maximum absolute atomic E-state index is 11.1.